The number of aryl methyl sites for hydroxylation is 1. The summed E-state index contributed by atoms with van der Waals surface area (Å²) in [7, 11) is 0. The first-order valence-electron chi connectivity index (χ1n) is 7.60. The molecule has 116 valence electrons. The predicted molar refractivity (Wildman–Crippen MR) is 88.2 cm³/mol. The van der Waals surface area contributed by atoms with Crippen LogP contribution in [0.3, 0.4) is 0 Å². The molecule has 2 atom stereocenters. The molecule has 2 heterocycles. The molecule has 1 aromatic carbocycles. The molecule has 0 spiro atoms. The van der Waals surface area contributed by atoms with Crippen molar-refractivity contribution in [1.29, 1.82) is 0 Å². The molecule has 4 nitrogen and oxygen atoms in total. The van der Waals surface area contributed by atoms with Gasteiger partial charge in [-0.15, -0.1) is 11.3 Å². The third kappa shape index (κ3) is 3.20. The molecule has 1 aliphatic rings. The Labute approximate surface area is 134 Å². The topological polar surface area (TPSA) is 51.2 Å². The molecule has 1 amide bonds. The molecular weight excluding hydrogens is 296 g/mol. The van der Waals surface area contributed by atoms with E-state index in [9.17, 15) is 4.79 Å². The third-order valence-electron chi connectivity index (χ3n) is 3.90. The van der Waals surface area contributed by atoms with Gasteiger partial charge in [-0.05, 0) is 26.7 Å². The Kier molecular flexibility index (Phi) is 4.55. The van der Waals surface area contributed by atoms with Gasteiger partial charge < -0.3 is 10.1 Å². The molecule has 0 aliphatic carbocycles. The summed E-state index contributed by atoms with van der Waals surface area (Å²) in [5.41, 5.74) is 1.82. The fourth-order valence-electron chi connectivity index (χ4n) is 2.67. The number of thiazole rings is 1. The molecular formula is C17H20N2O2S. The molecule has 1 aromatic heterocycles. The number of rotatable bonds is 4. The second-order valence-corrected chi connectivity index (χ2v) is 6.61. The van der Waals surface area contributed by atoms with Gasteiger partial charge in [-0.25, -0.2) is 4.98 Å². The number of carbonyl (C=O) groups excluding carboxylic acids is 1. The number of carbonyl (C=O) groups is 1. The van der Waals surface area contributed by atoms with Gasteiger partial charge in [-0.2, -0.15) is 0 Å². The Hall–Kier alpha value is -1.72. The van der Waals surface area contributed by atoms with Crippen LogP contribution in [0.1, 0.15) is 35.1 Å². The van der Waals surface area contributed by atoms with Crippen LogP contribution in [0.15, 0.2) is 30.3 Å². The average Bonchev–Trinajstić information content (AvgIpc) is 3.17. The lowest BCUT2D eigenvalue weighted by molar-refractivity contribution is 0.0714. The molecule has 1 saturated heterocycles. The fourth-order valence-corrected chi connectivity index (χ4v) is 3.65. The Balaban J connectivity index is 1.74. The average molecular weight is 316 g/mol. The van der Waals surface area contributed by atoms with Gasteiger partial charge in [-0.3, -0.25) is 4.79 Å². The summed E-state index contributed by atoms with van der Waals surface area (Å²) < 4.78 is 5.63. The van der Waals surface area contributed by atoms with E-state index in [0.717, 1.165) is 35.7 Å². The van der Waals surface area contributed by atoms with Crippen LogP contribution in [-0.4, -0.2) is 29.6 Å². The van der Waals surface area contributed by atoms with E-state index in [-0.39, 0.29) is 18.1 Å². The van der Waals surface area contributed by atoms with Crippen molar-refractivity contribution < 1.29 is 9.53 Å². The number of nitrogens with one attached hydrogen (secondary N) is 1. The first-order chi connectivity index (χ1) is 10.6. The highest BCUT2D eigenvalue weighted by Gasteiger charge is 2.25. The molecule has 0 saturated carbocycles. The van der Waals surface area contributed by atoms with Crippen LogP contribution in [0.4, 0.5) is 0 Å². The van der Waals surface area contributed by atoms with Gasteiger partial charge in [-0.1, -0.05) is 30.3 Å². The van der Waals surface area contributed by atoms with Crippen molar-refractivity contribution in [3.8, 4) is 10.6 Å². The van der Waals surface area contributed by atoms with Crippen LogP contribution in [0, 0.1) is 6.92 Å². The van der Waals surface area contributed by atoms with Gasteiger partial charge in [0.05, 0.1) is 17.8 Å². The van der Waals surface area contributed by atoms with Crippen LogP contribution >= 0.6 is 11.3 Å². The van der Waals surface area contributed by atoms with Crippen LogP contribution in [0.2, 0.25) is 0 Å². The van der Waals surface area contributed by atoms with E-state index in [1.165, 1.54) is 11.3 Å². The van der Waals surface area contributed by atoms with Crippen LogP contribution in [0.5, 0.6) is 0 Å². The zero-order chi connectivity index (χ0) is 15.5. The third-order valence-corrected chi connectivity index (χ3v) is 5.11. The minimum Gasteiger partial charge on any atom is -0.376 e. The van der Waals surface area contributed by atoms with Crippen LogP contribution < -0.4 is 5.32 Å². The molecule has 0 radical (unpaired) electrons. The molecule has 0 bridgehead atoms. The molecule has 1 fully saturated rings. The van der Waals surface area contributed by atoms with E-state index in [1.807, 2.05) is 44.2 Å². The number of benzene rings is 1. The molecule has 1 aliphatic heterocycles. The molecule has 5 heteroatoms. The molecule has 3 rings (SSSR count). The number of hydrogen-bond donors (Lipinski definition) is 1. The summed E-state index contributed by atoms with van der Waals surface area (Å²) in [5.74, 6) is -0.0554. The highest BCUT2D eigenvalue weighted by molar-refractivity contribution is 7.17. The van der Waals surface area contributed by atoms with E-state index in [1.54, 1.807) is 0 Å². The second-order valence-electron chi connectivity index (χ2n) is 5.61. The van der Waals surface area contributed by atoms with Crippen molar-refractivity contribution in [1.82, 2.24) is 10.3 Å². The van der Waals surface area contributed by atoms with Gasteiger partial charge in [0.2, 0.25) is 0 Å². The summed E-state index contributed by atoms with van der Waals surface area (Å²) in [6.07, 6.45) is 2.21. The predicted octanol–water partition coefficient (Wildman–Crippen LogP) is 3.42. The first-order valence-corrected chi connectivity index (χ1v) is 8.42. The lowest BCUT2D eigenvalue weighted by Crippen LogP contribution is -2.40. The van der Waals surface area contributed by atoms with Gasteiger partial charge in [0.25, 0.3) is 5.91 Å². The van der Waals surface area contributed by atoms with E-state index in [4.69, 9.17) is 4.74 Å². The lowest BCUT2D eigenvalue weighted by atomic mass is 10.1. The van der Waals surface area contributed by atoms with Crippen LogP contribution in [0.25, 0.3) is 10.6 Å². The van der Waals surface area contributed by atoms with Crippen molar-refractivity contribution in [3.63, 3.8) is 0 Å². The zero-order valence-electron chi connectivity index (χ0n) is 12.8. The van der Waals surface area contributed by atoms with Crippen molar-refractivity contribution in [2.24, 2.45) is 0 Å². The van der Waals surface area contributed by atoms with Gasteiger partial charge in [0.1, 0.15) is 9.88 Å². The van der Waals surface area contributed by atoms with Gasteiger partial charge in [0.15, 0.2) is 0 Å². The molecule has 2 aromatic rings. The summed E-state index contributed by atoms with van der Waals surface area (Å²) in [5, 5.41) is 3.93. The minimum atomic E-state index is -0.0554. The monoisotopic (exact) mass is 316 g/mol. The van der Waals surface area contributed by atoms with Crippen molar-refractivity contribution in [3.05, 3.63) is 40.9 Å². The highest BCUT2D eigenvalue weighted by atomic mass is 32.1. The Bertz CT molecular complexity index is 648. The maximum absolute atomic E-state index is 12.5. The van der Waals surface area contributed by atoms with Gasteiger partial charge in [0, 0.05) is 12.2 Å². The highest BCUT2D eigenvalue weighted by Crippen LogP contribution is 2.28. The number of ether oxygens (including phenoxy) is 1. The molecule has 2 unspecified atom stereocenters. The van der Waals surface area contributed by atoms with E-state index in [0.29, 0.717) is 4.88 Å². The standard InChI is InChI=1S/C17H20N2O2S/c1-11(14-9-6-10-21-14)18-16(20)15-12(2)19-17(22-15)13-7-4-3-5-8-13/h3-5,7-8,11,14H,6,9-10H2,1-2H3,(H,18,20). The summed E-state index contributed by atoms with van der Waals surface area (Å²) in [4.78, 5) is 17.7. The Morgan fingerprint density at radius 2 is 2.18 bits per heavy atom. The molecule has 22 heavy (non-hydrogen) atoms. The minimum absolute atomic E-state index is 0.0247. The zero-order valence-corrected chi connectivity index (χ0v) is 13.7. The normalized spacial score (nSPS) is 19.1. The number of amides is 1. The van der Waals surface area contributed by atoms with Gasteiger partial charge >= 0.3 is 0 Å². The van der Waals surface area contributed by atoms with Crippen LogP contribution in [-0.2, 0) is 4.74 Å². The van der Waals surface area contributed by atoms with Crippen molar-refractivity contribution >= 4 is 17.2 Å². The van der Waals surface area contributed by atoms with E-state index >= 15 is 0 Å². The quantitative estimate of drug-likeness (QED) is 0.940. The Morgan fingerprint density at radius 3 is 2.86 bits per heavy atom. The Morgan fingerprint density at radius 1 is 1.41 bits per heavy atom. The lowest BCUT2D eigenvalue weighted by Gasteiger charge is -2.19. The summed E-state index contributed by atoms with van der Waals surface area (Å²) in [6, 6.07) is 9.97. The number of hydrogen-bond acceptors (Lipinski definition) is 4. The maximum Gasteiger partial charge on any atom is 0.263 e. The fraction of sp³-hybridized carbons (Fsp3) is 0.412. The largest absolute Gasteiger partial charge is 0.376 e. The number of aromatic nitrogens is 1. The smallest absolute Gasteiger partial charge is 0.263 e. The first kappa shape index (κ1) is 15.2. The van der Waals surface area contributed by atoms with E-state index in [2.05, 4.69) is 10.3 Å². The van der Waals surface area contributed by atoms with Crippen molar-refractivity contribution in [2.75, 3.05) is 6.61 Å². The summed E-state index contributed by atoms with van der Waals surface area (Å²) in [6.45, 7) is 4.68. The second kappa shape index (κ2) is 6.58. The maximum atomic E-state index is 12.5. The molecule has 1 N–H and O–H groups in total. The van der Waals surface area contributed by atoms with Crippen molar-refractivity contribution in [2.45, 2.75) is 38.8 Å². The number of nitrogens with zero attached hydrogens (tertiary/aromatic N) is 1. The van der Waals surface area contributed by atoms with E-state index < -0.39 is 0 Å². The SMILES string of the molecule is Cc1nc(-c2ccccc2)sc1C(=O)NC(C)C1CCCO1. The summed E-state index contributed by atoms with van der Waals surface area (Å²) >= 11 is 1.44.